The van der Waals surface area contributed by atoms with E-state index in [0.29, 0.717) is 5.92 Å². The van der Waals surface area contributed by atoms with E-state index in [0.717, 1.165) is 6.42 Å². The molecule has 4 atom stereocenters. The number of rotatable bonds is 2. The molecule has 1 fully saturated rings. The maximum atomic E-state index is 9.45. The van der Waals surface area contributed by atoms with Crippen molar-refractivity contribution >= 4 is 0 Å². The number of ether oxygens (including phenoxy) is 1. The van der Waals surface area contributed by atoms with E-state index in [1.54, 1.807) is 6.92 Å². The summed E-state index contributed by atoms with van der Waals surface area (Å²) < 4.78 is 5.20. The molecule has 0 aromatic carbocycles. The van der Waals surface area contributed by atoms with E-state index in [2.05, 4.69) is 13.8 Å². The molecule has 0 bridgehead atoms. The Balaban J connectivity index is 2.50. The van der Waals surface area contributed by atoms with Crippen LogP contribution in [-0.4, -0.2) is 28.7 Å². The molecular formula is C9H18O3. The topological polar surface area (TPSA) is 49.7 Å². The molecule has 12 heavy (non-hydrogen) atoms. The van der Waals surface area contributed by atoms with Crippen molar-refractivity contribution in [3.63, 3.8) is 0 Å². The van der Waals surface area contributed by atoms with Gasteiger partial charge in [0.15, 0.2) is 6.29 Å². The minimum Gasteiger partial charge on any atom is -0.391 e. The molecule has 72 valence electrons. The minimum atomic E-state index is -0.690. The fourth-order valence-electron chi connectivity index (χ4n) is 1.63. The second kappa shape index (κ2) is 3.73. The summed E-state index contributed by atoms with van der Waals surface area (Å²) in [5, 5.41) is 18.7. The van der Waals surface area contributed by atoms with Crippen LogP contribution in [0.2, 0.25) is 0 Å². The molecular weight excluding hydrogens is 156 g/mol. The van der Waals surface area contributed by atoms with Crippen LogP contribution in [0.25, 0.3) is 0 Å². The van der Waals surface area contributed by atoms with E-state index >= 15 is 0 Å². The van der Waals surface area contributed by atoms with Crippen LogP contribution in [0, 0.1) is 11.8 Å². The molecule has 0 aliphatic carbocycles. The number of hydrogen-bond acceptors (Lipinski definition) is 3. The van der Waals surface area contributed by atoms with Crippen LogP contribution < -0.4 is 0 Å². The summed E-state index contributed by atoms with van der Waals surface area (Å²) >= 11 is 0. The Kier molecular flexibility index (Phi) is 3.09. The van der Waals surface area contributed by atoms with Crippen molar-refractivity contribution in [2.75, 3.05) is 0 Å². The van der Waals surface area contributed by atoms with Crippen molar-refractivity contribution in [2.24, 2.45) is 11.8 Å². The van der Waals surface area contributed by atoms with Crippen LogP contribution in [0.5, 0.6) is 0 Å². The largest absolute Gasteiger partial charge is 0.391 e. The first-order valence-corrected chi connectivity index (χ1v) is 4.54. The highest BCUT2D eigenvalue weighted by Crippen LogP contribution is 2.32. The summed E-state index contributed by atoms with van der Waals surface area (Å²) in [5.74, 6) is 0.577. The molecule has 3 nitrogen and oxygen atoms in total. The molecule has 1 rings (SSSR count). The van der Waals surface area contributed by atoms with Gasteiger partial charge in [0, 0.05) is 5.92 Å². The van der Waals surface area contributed by atoms with Gasteiger partial charge in [0.25, 0.3) is 0 Å². The zero-order valence-electron chi connectivity index (χ0n) is 7.90. The van der Waals surface area contributed by atoms with Gasteiger partial charge in [-0.1, -0.05) is 13.8 Å². The first-order valence-electron chi connectivity index (χ1n) is 4.54. The first kappa shape index (κ1) is 9.96. The third-order valence-electron chi connectivity index (χ3n) is 2.58. The lowest BCUT2D eigenvalue weighted by molar-refractivity contribution is -0.134. The molecule has 0 amide bonds. The molecule has 1 aliphatic heterocycles. The normalized spacial score (nSPS) is 39.0. The molecule has 0 aromatic heterocycles. The lowest BCUT2D eigenvalue weighted by atomic mass is 9.91. The van der Waals surface area contributed by atoms with Crippen molar-refractivity contribution < 1.29 is 14.9 Å². The van der Waals surface area contributed by atoms with Gasteiger partial charge in [-0.05, 0) is 19.3 Å². The van der Waals surface area contributed by atoms with Gasteiger partial charge in [0.1, 0.15) is 0 Å². The van der Waals surface area contributed by atoms with Gasteiger partial charge in [-0.2, -0.15) is 0 Å². The van der Waals surface area contributed by atoms with Crippen molar-refractivity contribution in [2.45, 2.75) is 45.7 Å². The molecule has 2 N–H and O–H groups in total. The zero-order valence-corrected chi connectivity index (χ0v) is 7.90. The van der Waals surface area contributed by atoms with Gasteiger partial charge in [-0.3, -0.25) is 0 Å². The molecule has 0 radical (unpaired) electrons. The van der Waals surface area contributed by atoms with E-state index in [1.165, 1.54) is 0 Å². The molecule has 0 spiro atoms. The number of aliphatic hydroxyl groups excluding tert-OH is 2. The average molecular weight is 174 g/mol. The monoisotopic (exact) mass is 174 g/mol. The Hall–Kier alpha value is -0.120. The fourth-order valence-corrected chi connectivity index (χ4v) is 1.63. The third-order valence-corrected chi connectivity index (χ3v) is 2.58. The van der Waals surface area contributed by atoms with Gasteiger partial charge in [-0.25, -0.2) is 0 Å². The number of hydrogen-bond donors (Lipinski definition) is 2. The smallest absolute Gasteiger partial charge is 0.158 e. The maximum Gasteiger partial charge on any atom is 0.158 e. The Labute approximate surface area is 73.4 Å². The second-order valence-electron chi connectivity index (χ2n) is 3.95. The minimum absolute atomic E-state index is 0.171. The van der Waals surface area contributed by atoms with Gasteiger partial charge < -0.3 is 14.9 Å². The van der Waals surface area contributed by atoms with Crippen molar-refractivity contribution in [1.82, 2.24) is 0 Å². The lowest BCUT2D eigenvalue weighted by Crippen LogP contribution is -2.22. The Morgan fingerprint density at radius 2 is 1.92 bits per heavy atom. The van der Waals surface area contributed by atoms with Gasteiger partial charge in [-0.15, -0.1) is 0 Å². The average Bonchev–Trinajstić information content (AvgIpc) is 2.30. The summed E-state index contributed by atoms with van der Waals surface area (Å²) in [6.07, 6.45) is -0.600. The van der Waals surface area contributed by atoms with Crippen LogP contribution in [0.1, 0.15) is 27.2 Å². The summed E-state index contributed by atoms with van der Waals surface area (Å²) in [6, 6.07) is 0. The van der Waals surface area contributed by atoms with E-state index in [9.17, 15) is 10.2 Å². The van der Waals surface area contributed by atoms with E-state index in [4.69, 9.17) is 4.74 Å². The summed E-state index contributed by atoms with van der Waals surface area (Å²) in [4.78, 5) is 0. The Bertz CT molecular complexity index is 145. The molecule has 0 saturated carbocycles. The molecule has 4 unspecified atom stereocenters. The van der Waals surface area contributed by atoms with Gasteiger partial charge in [0.2, 0.25) is 0 Å². The molecule has 1 saturated heterocycles. The highest BCUT2D eigenvalue weighted by Gasteiger charge is 2.37. The van der Waals surface area contributed by atoms with Crippen molar-refractivity contribution in [3.8, 4) is 0 Å². The molecule has 1 aliphatic rings. The summed E-state index contributed by atoms with van der Waals surface area (Å²) in [7, 11) is 0. The summed E-state index contributed by atoms with van der Waals surface area (Å²) in [6.45, 7) is 5.81. The standard InChI is InChI=1S/C9H18O3/c1-5(2)7-4-8(6(3)10)12-9(7)11/h5-11H,4H2,1-3H3. The zero-order chi connectivity index (χ0) is 9.30. The van der Waals surface area contributed by atoms with Crippen LogP contribution in [-0.2, 0) is 4.74 Å². The molecule has 3 heteroatoms. The van der Waals surface area contributed by atoms with E-state index in [1.807, 2.05) is 0 Å². The van der Waals surface area contributed by atoms with E-state index < -0.39 is 12.4 Å². The molecule has 0 aromatic rings. The SMILES string of the molecule is CC(C)C1CC(C(C)O)OC1O. The lowest BCUT2D eigenvalue weighted by Gasteiger charge is -2.15. The highest BCUT2D eigenvalue weighted by atomic mass is 16.6. The van der Waals surface area contributed by atoms with Crippen LogP contribution in [0.15, 0.2) is 0 Å². The summed E-state index contributed by atoms with van der Waals surface area (Å²) in [5.41, 5.74) is 0. The Morgan fingerprint density at radius 1 is 1.33 bits per heavy atom. The van der Waals surface area contributed by atoms with Crippen molar-refractivity contribution in [3.05, 3.63) is 0 Å². The van der Waals surface area contributed by atoms with E-state index in [-0.39, 0.29) is 12.0 Å². The highest BCUT2D eigenvalue weighted by molar-refractivity contribution is 4.81. The van der Waals surface area contributed by atoms with Gasteiger partial charge in [0.05, 0.1) is 12.2 Å². The predicted octanol–water partition coefficient (Wildman–Crippen LogP) is 0.747. The Morgan fingerprint density at radius 3 is 2.17 bits per heavy atom. The predicted molar refractivity (Wildman–Crippen MR) is 45.5 cm³/mol. The quantitative estimate of drug-likeness (QED) is 0.649. The molecule has 1 heterocycles. The second-order valence-corrected chi connectivity index (χ2v) is 3.95. The number of aliphatic hydroxyl groups is 2. The van der Waals surface area contributed by atoms with Crippen molar-refractivity contribution in [1.29, 1.82) is 0 Å². The fraction of sp³-hybridized carbons (Fsp3) is 1.00. The van der Waals surface area contributed by atoms with Gasteiger partial charge >= 0.3 is 0 Å². The van der Waals surface area contributed by atoms with Crippen LogP contribution in [0.3, 0.4) is 0 Å². The maximum absolute atomic E-state index is 9.45. The third kappa shape index (κ3) is 1.97. The van der Waals surface area contributed by atoms with Crippen LogP contribution >= 0.6 is 0 Å². The first-order chi connectivity index (χ1) is 5.52. The van der Waals surface area contributed by atoms with Crippen LogP contribution in [0.4, 0.5) is 0 Å².